The van der Waals surface area contributed by atoms with Gasteiger partial charge in [-0.15, -0.1) is 0 Å². The van der Waals surface area contributed by atoms with Crippen LogP contribution in [-0.4, -0.2) is 29.4 Å². The number of hydrogen-bond acceptors (Lipinski definition) is 3. The van der Waals surface area contributed by atoms with Gasteiger partial charge < -0.3 is 10.6 Å². The minimum Gasteiger partial charge on any atom is -0.370 e. The first-order chi connectivity index (χ1) is 8.92. The van der Waals surface area contributed by atoms with E-state index in [4.69, 9.17) is 5.10 Å². The van der Waals surface area contributed by atoms with Crippen molar-refractivity contribution in [2.45, 2.75) is 44.1 Å². The van der Waals surface area contributed by atoms with Crippen molar-refractivity contribution in [2.75, 3.05) is 25.0 Å². The molecule has 0 amide bonds. The molecule has 0 aromatic carbocycles. The minimum absolute atomic E-state index is 0.623. The highest BCUT2D eigenvalue weighted by molar-refractivity contribution is 5.41. The molecule has 0 radical (unpaired) electrons. The Labute approximate surface area is 108 Å². The van der Waals surface area contributed by atoms with Gasteiger partial charge in [0.05, 0.1) is 11.7 Å². The molecule has 2 atom stereocenters. The molecule has 18 heavy (non-hydrogen) atoms. The summed E-state index contributed by atoms with van der Waals surface area (Å²) in [5, 5.41) is 12.0. The smallest absolute Gasteiger partial charge is 0.124 e. The van der Waals surface area contributed by atoms with Crippen LogP contribution in [0.4, 0.5) is 5.82 Å². The molecule has 2 unspecified atom stereocenters. The Morgan fingerprint density at radius 2 is 2.06 bits per heavy atom. The summed E-state index contributed by atoms with van der Waals surface area (Å²) in [5.41, 5.74) is 1.34. The first-order valence-corrected chi connectivity index (χ1v) is 7.46. The second-order valence-corrected chi connectivity index (χ2v) is 6.08. The van der Waals surface area contributed by atoms with Crippen molar-refractivity contribution < 1.29 is 0 Å². The zero-order chi connectivity index (χ0) is 11.9. The van der Waals surface area contributed by atoms with Gasteiger partial charge >= 0.3 is 0 Å². The second-order valence-electron chi connectivity index (χ2n) is 6.08. The lowest BCUT2D eigenvalue weighted by molar-refractivity contribution is 0.236. The number of rotatable bonds is 1. The van der Waals surface area contributed by atoms with Gasteiger partial charge in [-0.25, -0.2) is 4.68 Å². The minimum atomic E-state index is 0.623. The maximum atomic E-state index is 4.94. The van der Waals surface area contributed by atoms with Crippen molar-refractivity contribution in [1.29, 1.82) is 0 Å². The van der Waals surface area contributed by atoms with Crippen LogP contribution in [0.15, 0.2) is 6.07 Å². The van der Waals surface area contributed by atoms with E-state index in [0.29, 0.717) is 12.0 Å². The number of fused-ring (bicyclic) bond motifs is 3. The second kappa shape index (κ2) is 4.26. The molecule has 98 valence electrons. The quantitative estimate of drug-likeness (QED) is 0.797. The topological polar surface area (TPSA) is 41.9 Å². The number of aromatic nitrogens is 2. The SMILES string of the molecule is c1c(C2CCCC2)nn2c1NCC1CNCCC12. The zero-order valence-electron chi connectivity index (χ0n) is 10.9. The van der Waals surface area contributed by atoms with Gasteiger partial charge in [-0.05, 0) is 25.8 Å². The van der Waals surface area contributed by atoms with Crippen molar-refractivity contribution in [3.63, 3.8) is 0 Å². The Bertz CT molecular complexity index is 433. The molecule has 3 heterocycles. The molecule has 1 aromatic heterocycles. The molecule has 0 bridgehead atoms. The average Bonchev–Trinajstić information content (AvgIpc) is 3.07. The molecular formula is C14H22N4. The molecule has 4 heteroatoms. The van der Waals surface area contributed by atoms with E-state index in [1.807, 2.05) is 0 Å². The van der Waals surface area contributed by atoms with E-state index >= 15 is 0 Å². The van der Waals surface area contributed by atoms with Crippen LogP contribution < -0.4 is 10.6 Å². The lowest BCUT2D eigenvalue weighted by atomic mass is 9.92. The zero-order valence-corrected chi connectivity index (χ0v) is 10.9. The summed E-state index contributed by atoms with van der Waals surface area (Å²) in [6, 6.07) is 2.94. The largest absolute Gasteiger partial charge is 0.370 e. The standard InChI is InChI=1S/C14H22N4/c1-2-4-10(3-1)12-7-14-16-9-11-8-15-6-5-13(11)18(14)17-12/h7,10-11,13,15-16H,1-6,8-9H2. The first-order valence-electron chi connectivity index (χ1n) is 7.46. The molecule has 3 aliphatic rings. The van der Waals surface area contributed by atoms with Crippen LogP contribution in [0.2, 0.25) is 0 Å². The number of hydrogen-bond donors (Lipinski definition) is 2. The Balaban J connectivity index is 1.65. The van der Waals surface area contributed by atoms with Gasteiger partial charge in [0.2, 0.25) is 0 Å². The molecular weight excluding hydrogens is 224 g/mol. The molecule has 2 aliphatic heterocycles. The molecule has 1 aliphatic carbocycles. The average molecular weight is 246 g/mol. The summed E-state index contributed by atoms with van der Waals surface area (Å²) in [5.74, 6) is 2.70. The molecule has 1 saturated heterocycles. The first kappa shape index (κ1) is 10.9. The van der Waals surface area contributed by atoms with Gasteiger partial charge in [-0.3, -0.25) is 0 Å². The highest BCUT2D eigenvalue weighted by Crippen LogP contribution is 2.38. The fraction of sp³-hybridized carbons (Fsp3) is 0.786. The van der Waals surface area contributed by atoms with E-state index in [0.717, 1.165) is 25.6 Å². The normalized spacial score (nSPS) is 31.8. The van der Waals surface area contributed by atoms with Gasteiger partial charge in [0, 0.05) is 31.0 Å². The molecule has 2 fully saturated rings. The highest BCUT2D eigenvalue weighted by Gasteiger charge is 2.33. The fourth-order valence-corrected chi connectivity index (χ4v) is 3.89. The Kier molecular flexibility index (Phi) is 2.57. The summed E-state index contributed by atoms with van der Waals surface area (Å²) >= 11 is 0. The summed E-state index contributed by atoms with van der Waals surface area (Å²) in [6.07, 6.45) is 6.68. The van der Waals surface area contributed by atoms with E-state index in [9.17, 15) is 0 Å². The summed E-state index contributed by atoms with van der Waals surface area (Å²) in [4.78, 5) is 0. The molecule has 1 aromatic rings. The Morgan fingerprint density at radius 1 is 1.17 bits per heavy atom. The van der Waals surface area contributed by atoms with Gasteiger partial charge in [0.25, 0.3) is 0 Å². The van der Waals surface area contributed by atoms with E-state index in [-0.39, 0.29) is 0 Å². The third-order valence-corrected chi connectivity index (χ3v) is 4.96. The van der Waals surface area contributed by atoms with Crippen molar-refractivity contribution in [3.8, 4) is 0 Å². The van der Waals surface area contributed by atoms with Crippen LogP contribution in [0.25, 0.3) is 0 Å². The summed E-state index contributed by atoms with van der Waals surface area (Å²) < 4.78 is 2.29. The van der Waals surface area contributed by atoms with Crippen LogP contribution in [0, 0.1) is 5.92 Å². The van der Waals surface area contributed by atoms with Gasteiger partial charge in [0.1, 0.15) is 5.82 Å². The predicted molar refractivity (Wildman–Crippen MR) is 71.9 cm³/mol. The van der Waals surface area contributed by atoms with Gasteiger partial charge in [-0.1, -0.05) is 12.8 Å². The molecule has 4 nitrogen and oxygen atoms in total. The van der Waals surface area contributed by atoms with Gasteiger partial charge in [0.15, 0.2) is 0 Å². The highest BCUT2D eigenvalue weighted by atomic mass is 15.4. The predicted octanol–water partition coefficient (Wildman–Crippen LogP) is 2.12. The molecule has 2 N–H and O–H groups in total. The van der Waals surface area contributed by atoms with Crippen molar-refractivity contribution in [1.82, 2.24) is 15.1 Å². The third kappa shape index (κ3) is 1.66. The van der Waals surface area contributed by atoms with Crippen LogP contribution >= 0.6 is 0 Å². The van der Waals surface area contributed by atoms with Crippen molar-refractivity contribution in [3.05, 3.63) is 11.8 Å². The van der Waals surface area contributed by atoms with Crippen LogP contribution in [0.1, 0.15) is 49.8 Å². The summed E-state index contributed by atoms with van der Waals surface area (Å²) in [6.45, 7) is 3.38. The lowest BCUT2D eigenvalue weighted by Gasteiger charge is -2.37. The number of nitrogens with one attached hydrogen (secondary N) is 2. The van der Waals surface area contributed by atoms with Crippen LogP contribution in [0.5, 0.6) is 0 Å². The van der Waals surface area contributed by atoms with E-state index in [1.54, 1.807) is 0 Å². The van der Waals surface area contributed by atoms with Crippen LogP contribution in [0.3, 0.4) is 0 Å². The van der Waals surface area contributed by atoms with E-state index in [2.05, 4.69) is 21.4 Å². The third-order valence-electron chi connectivity index (χ3n) is 4.96. The number of nitrogens with zero attached hydrogens (tertiary/aromatic N) is 2. The lowest BCUT2D eigenvalue weighted by Crippen LogP contribution is -2.44. The Morgan fingerprint density at radius 3 is 2.94 bits per heavy atom. The van der Waals surface area contributed by atoms with Crippen molar-refractivity contribution in [2.24, 2.45) is 5.92 Å². The molecule has 4 rings (SSSR count). The molecule has 0 spiro atoms. The number of anilines is 1. The fourth-order valence-electron chi connectivity index (χ4n) is 3.89. The number of piperidine rings is 1. The van der Waals surface area contributed by atoms with E-state index in [1.165, 1.54) is 43.6 Å². The monoisotopic (exact) mass is 246 g/mol. The van der Waals surface area contributed by atoms with Crippen molar-refractivity contribution >= 4 is 5.82 Å². The maximum absolute atomic E-state index is 4.94. The molecule has 1 saturated carbocycles. The van der Waals surface area contributed by atoms with E-state index < -0.39 is 0 Å². The van der Waals surface area contributed by atoms with Crippen LogP contribution in [-0.2, 0) is 0 Å². The van der Waals surface area contributed by atoms with Gasteiger partial charge in [-0.2, -0.15) is 5.10 Å². The Hall–Kier alpha value is -1.03. The maximum Gasteiger partial charge on any atom is 0.124 e. The summed E-state index contributed by atoms with van der Waals surface area (Å²) in [7, 11) is 0.